The summed E-state index contributed by atoms with van der Waals surface area (Å²) in [7, 11) is 0. The van der Waals surface area contributed by atoms with Crippen LogP contribution in [0.15, 0.2) is 36.5 Å². The summed E-state index contributed by atoms with van der Waals surface area (Å²) < 4.78 is 0. The number of benzene rings is 1. The molecule has 0 spiro atoms. The molecule has 4 nitrogen and oxygen atoms in total. The van der Waals surface area contributed by atoms with Gasteiger partial charge in [0, 0.05) is 24.2 Å². The van der Waals surface area contributed by atoms with Gasteiger partial charge >= 0.3 is 0 Å². The number of hydrogen-bond donors (Lipinski definition) is 3. The SMILES string of the molecule is Cc1cnc(N)c(C2(O)CC(N)c3ccccc32)c1. The zero-order valence-electron chi connectivity index (χ0n) is 10.8. The molecule has 2 aromatic rings. The second-order valence-corrected chi connectivity index (χ2v) is 5.20. The van der Waals surface area contributed by atoms with Gasteiger partial charge in [0.05, 0.1) is 0 Å². The van der Waals surface area contributed by atoms with Gasteiger partial charge in [-0.25, -0.2) is 4.98 Å². The molecule has 1 aliphatic rings. The van der Waals surface area contributed by atoms with Crippen LogP contribution in [0.2, 0.25) is 0 Å². The van der Waals surface area contributed by atoms with Crippen molar-refractivity contribution in [2.75, 3.05) is 5.73 Å². The third-order valence-electron chi connectivity index (χ3n) is 3.82. The fourth-order valence-electron chi connectivity index (χ4n) is 2.90. The van der Waals surface area contributed by atoms with Gasteiger partial charge in [0.25, 0.3) is 0 Å². The molecule has 19 heavy (non-hydrogen) atoms. The summed E-state index contributed by atoms with van der Waals surface area (Å²) in [5.41, 5.74) is 14.4. The fourth-order valence-corrected chi connectivity index (χ4v) is 2.90. The van der Waals surface area contributed by atoms with Crippen molar-refractivity contribution in [3.63, 3.8) is 0 Å². The van der Waals surface area contributed by atoms with Crippen LogP contribution in [0.5, 0.6) is 0 Å². The summed E-state index contributed by atoms with van der Waals surface area (Å²) in [6.07, 6.45) is 2.13. The second kappa shape index (κ2) is 4.05. The molecule has 3 rings (SSSR count). The maximum absolute atomic E-state index is 11.1. The molecule has 2 unspecified atom stereocenters. The van der Waals surface area contributed by atoms with Crippen molar-refractivity contribution >= 4 is 5.82 Å². The van der Waals surface area contributed by atoms with Gasteiger partial charge in [-0.15, -0.1) is 0 Å². The maximum Gasteiger partial charge on any atom is 0.129 e. The fraction of sp³-hybridized carbons (Fsp3) is 0.267. The lowest BCUT2D eigenvalue weighted by atomic mass is 9.87. The summed E-state index contributed by atoms with van der Waals surface area (Å²) in [6.45, 7) is 1.93. The minimum atomic E-state index is -1.14. The molecule has 1 heterocycles. The predicted molar refractivity (Wildman–Crippen MR) is 74.4 cm³/mol. The van der Waals surface area contributed by atoms with Crippen molar-refractivity contribution in [3.05, 3.63) is 58.8 Å². The van der Waals surface area contributed by atoms with E-state index in [1.807, 2.05) is 37.3 Å². The Balaban J connectivity index is 2.22. The Kier molecular flexibility index (Phi) is 2.59. The first-order valence-corrected chi connectivity index (χ1v) is 6.32. The van der Waals surface area contributed by atoms with E-state index in [0.29, 0.717) is 17.8 Å². The summed E-state index contributed by atoms with van der Waals surface area (Å²) >= 11 is 0. The molecule has 0 radical (unpaired) electrons. The Morgan fingerprint density at radius 2 is 2.05 bits per heavy atom. The van der Waals surface area contributed by atoms with Gasteiger partial charge in [0.1, 0.15) is 11.4 Å². The minimum absolute atomic E-state index is 0.180. The molecule has 98 valence electrons. The van der Waals surface area contributed by atoms with Crippen molar-refractivity contribution in [1.29, 1.82) is 0 Å². The largest absolute Gasteiger partial charge is 0.383 e. The van der Waals surface area contributed by atoms with Crippen LogP contribution in [0.3, 0.4) is 0 Å². The van der Waals surface area contributed by atoms with Crippen molar-refractivity contribution in [2.24, 2.45) is 5.73 Å². The number of nitrogens with zero attached hydrogens (tertiary/aromatic N) is 1. The van der Waals surface area contributed by atoms with Crippen molar-refractivity contribution < 1.29 is 5.11 Å². The first kappa shape index (κ1) is 12.1. The van der Waals surface area contributed by atoms with E-state index < -0.39 is 5.60 Å². The Hall–Kier alpha value is -1.91. The highest BCUT2D eigenvalue weighted by Gasteiger charge is 2.43. The third kappa shape index (κ3) is 1.72. The molecule has 2 atom stereocenters. The monoisotopic (exact) mass is 255 g/mol. The Labute approximate surface area is 112 Å². The number of nitrogens with two attached hydrogens (primary N) is 2. The number of rotatable bonds is 1. The zero-order valence-corrected chi connectivity index (χ0v) is 10.8. The quantitative estimate of drug-likeness (QED) is 0.722. The van der Waals surface area contributed by atoms with Gasteiger partial charge in [-0.05, 0) is 29.7 Å². The summed E-state index contributed by atoms with van der Waals surface area (Å²) in [5, 5.41) is 11.1. The maximum atomic E-state index is 11.1. The van der Waals surface area contributed by atoms with Crippen LogP contribution in [0.4, 0.5) is 5.82 Å². The highest BCUT2D eigenvalue weighted by atomic mass is 16.3. The van der Waals surface area contributed by atoms with Gasteiger partial charge in [-0.1, -0.05) is 24.3 Å². The smallest absolute Gasteiger partial charge is 0.129 e. The first-order valence-electron chi connectivity index (χ1n) is 6.32. The Bertz CT molecular complexity index is 641. The molecule has 0 amide bonds. The summed E-state index contributed by atoms with van der Waals surface area (Å²) in [5.74, 6) is 0.358. The standard InChI is InChI=1S/C15H17N3O/c1-9-6-12(14(17)18-8-9)15(19)7-13(16)10-4-2-3-5-11(10)15/h2-6,8,13,19H,7,16H2,1H3,(H2,17,18). The highest BCUT2D eigenvalue weighted by Crippen LogP contribution is 2.47. The lowest BCUT2D eigenvalue weighted by molar-refractivity contribution is 0.0780. The molecule has 0 saturated carbocycles. The zero-order chi connectivity index (χ0) is 13.6. The lowest BCUT2D eigenvalue weighted by Crippen LogP contribution is -2.27. The van der Waals surface area contributed by atoms with Gasteiger partial charge in [-0.2, -0.15) is 0 Å². The van der Waals surface area contributed by atoms with E-state index in [1.54, 1.807) is 6.20 Å². The molecule has 1 aliphatic carbocycles. The topological polar surface area (TPSA) is 85.2 Å². The van der Waals surface area contributed by atoms with Crippen LogP contribution >= 0.6 is 0 Å². The summed E-state index contributed by atoms with van der Waals surface area (Å²) in [4.78, 5) is 4.14. The lowest BCUT2D eigenvalue weighted by Gasteiger charge is -2.26. The highest BCUT2D eigenvalue weighted by molar-refractivity contribution is 5.54. The molecule has 1 aromatic heterocycles. The average Bonchev–Trinajstić information content (AvgIpc) is 2.66. The number of nitrogen functional groups attached to an aromatic ring is 1. The van der Waals surface area contributed by atoms with Crippen LogP contribution in [0.1, 0.15) is 34.7 Å². The average molecular weight is 255 g/mol. The van der Waals surface area contributed by atoms with Crippen molar-refractivity contribution in [3.8, 4) is 0 Å². The number of aromatic nitrogens is 1. The number of pyridine rings is 1. The van der Waals surface area contributed by atoms with Crippen LogP contribution in [0.25, 0.3) is 0 Å². The number of fused-ring (bicyclic) bond motifs is 1. The van der Waals surface area contributed by atoms with Crippen molar-refractivity contribution in [1.82, 2.24) is 4.98 Å². The van der Waals surface area contributed by atoms with E-state index in [-0.39, 0.29) is 6.04 Å². The molecule has 1 aromatic carbocycles. The van der Waals surface area contributed by atoms with Crippen molar-refractivity contribution in [2.45, 2.75) is 25.0 Å². The third-order valence-corrected chi connectivity index (χ3v) is 3.82. The normalized spacial score (nSPS) is 25.3. The van der Waals surface area contributed by atoms with Crippen LogP contribution < -0.4 is 11.5 Å². The number of aliphatic hydroxyl groups is 1. The molecule has 0 bridgehead atoms. The molecule has 0 aliphatic heterocycles. The predicted octanol–water partition coefficient (Wildman–Crippen LogP) is 1.61. The first-order chi connectivity index (χ1) is 9.02. The molecule has 0 fully saturated rings. The Morgan fingerprint density at radius 1 is 1.32 bits per heavy atom. The van der Waals surface area contributed by atoms with E-state index in [9.17, 15) is 5.11 Å². The van der Waals surface area contributed by atoms with Gasteiger partial charge in [0.2, 0.25) is 0 Å². The van der Waals surface area contributed by atoms with Gasteiger partial charge in [0.15, 0.2) is 0 Å². The molecule has 4 heteroatoms. The molecular formula is C15H17N3O. The van der Waals surface area contributed by atoms with E-state index in [2.05, 4.69) is 4.98 Å². The number of anilines is 1. The van der Waals surface area contributed by atoms with Gasteiger partial charge < -0.3 is 16.6 Å². The van der Waals surface area contributed by atoms with E-state index in [0.717, 1.165) is 16.7 Å². The second-order valence-electron chi connectivity index (χ2n) is 5.20. The van der Waals surface area contributed by atoms with Gasteiger partial charge in [-0.3, -0.25) is 0 Å². The molecule has 0 saturated heterocycles. The number of aryl methyl sites for hydroxylation is 1. The molecular weight excluding hydrogens is 238 g/mol. The minimum Gasteiger partial charge on any atom is -0.383 e. The molecule has 5 N–H and O–H groups in total. The number of hydrogen-bond acceptors (Lipinski definition) is 4. The Morgan fingerprint density at radius 3 is 2.84 bits per heavy atom. The summed E-state index contributed by atoms with van der Waals surface area (Å²) in [6, 6.07) is 9.41. The van der Waals surface area contributed by atoms with Crippen LogP contribution in [-0.2, 0) is 5.60 Å². The van der Waals surface area contributed by atoms with E-state index >= 15 is 0 Å². The van der Waals surface area contributed by atoms with E-state index in [1.165, 1.54) is 0 Å². The van der Waals surface area contributed by atoms with Crippen LogP contribution in [0, 0.1) is 6.92 Å². The van der Waals surface area contributed by atoms with E-state index in [4.69, 9.17) is 11.5 Å². The van der Waals surface area contributed by atoms with Crippen LogP contribution in [-0.4, -0.2) is 10.1 Å².